The molecule has 2 aromatic carbocycles. The molecule has 34 heavy (non-hydrogen) atoms. The predicted octanol–water partition coefficient (Wildman–Crippen LogP) is 1.92. The van der Waals surface area contributed by atoms with Gasteiger partial charge in [0, 0.05) is 31.3 Å². The first-order chi connectivity index (χ1) is 16.6. The summed E-state index contributed by atoms with van der Waals surface area (Å²) in [6.07, 6.45) is 2.19. The van der Waals surface area contributed by atoms with E-state index in [1.165, 1.54) is 0 Å². The normalized spacial score (nSPS) is 13.2. The number of hydrogen-bond donors (Lipinski definition) is 2. The number of aromatic nitrogens is 2. The fourth-order valence-electron chi connectivity index (χ4n) is 3.82. The van der Waals surface area contributed by atoms with E-state index in [9.17, 15) is 10.1 Å². The maximum Gasteiger partial charge on any atom is 0.239 e. The Labute approximate surface area is 197 Å². The van der Waals surface area contributed by atoms with Crippen molar-refractivity contribution < 1.29 is 19.4 Å². The third kappa shape index (κ3) is 5.24. The first-order valence-electron chi connectivity index (χ1n) is 10.9. The molecule has 2 N–H and O–H groups in total. The molecule has 1 aliphatic heterocycles. The molecule has 2 heterocycles. The minimum Gasteiger partial charge on any atom is -0.495 e. The molecule has 0 spiro atoms. The van der Waals surface area contributed by atoms with Gasteiger partial charge in [0.15, 0.2) is 0 Å². The summed E-state index contributed by atoms with van der Waals surface area (Å²) >= 11 is 0. The number of benzene rings is 2. The second kappa shape index (κ2) is 10.6. The Morgan fingerprint density at radius 3 is 2.85 bits per heavy atom. The largest absolute Gasteiger partial charge is 0.495 e. The van der Waals surface area contributed by atoms with Gasteiger partial charge in [0.2, 0.25) is 5.91 Å². The van der Waals surface area contributed by atoms with Crippen LogP contribution in [0.4, 0.5) is 5.69 Å². The Morgan fingerprint density at radius 1 is 1.21 bits per heavy atom. The van der Waals surface area contributed by atoms with Crippen molar-refractivity contribution in [3.8, 4) is 28.8 Å². The molecule has 1 fully saturated rings. The number of nitrogens with zero attached hydrogens (tertiary/aromatic N) is 4. The summed E-state index contributed by atoms with van der Waals surface area (Å²) in [5, 5.41) is 21.2. The maximum absolute atomic E-state index is 11.8. The molecule has 174 valence electrons. The van der Waals surface area contributed by atoms with Crippen LogP contribution in [0.3, 0.4) is 0 Å². The second-order valence-corrected chi connectivity index (χ2v) is 7.71. The van der Waals surface area contributed by atoms with E-state index in [0.29, 0.717) is 48.1 Å². The Morgan fingerprint density at radius 2 is 2.09 bits per heavy atom. The molecule has 0 atom stereocenters. The van der Waals surface area contributed by atoms with Crippen molar-refractivity contribution in [3.05, 3.63) is 65.6 Å². The van der Waals surface area contributed by atoms with Gasteiger partial charge in [-0.2, -0.15) is 5.26 Å². The molecule has 9 heteroatoms. The quantitative estimate of drug-likeness (QED) is 0.524. The van der Waals surface area contributed by atoms with E-state index in [4.69, 9.17) is 14.6 Å². The molecule has 0 aliphatic carbocycles. The third-order valence-electron chi connectivity index (χ3n) is 5.44. The molecular weight excluding hydrogens is 434 g/mol. The van der Waals surface area contributed by atoms with Crippen LogP contribution in [0.1, 0.15) is 17.0 Å². The summed E-state index contributed by atoms with van der Waals surface area (Å²) in [5.74, 6) is 1.74. The number of anilines is 1. The van der Waals surface area contributed by atoms with Gasteiger partial charge in [-0.3, -0.25) is 4.79 Å². The Kier molecular flexibility index (Phi) is 7.20. The third-order valence-corrected chi connectivity index (χ3v) is 5.44. The lowest BCUT2D eigenvalue weighted by Gasteiger charge is -2.30. The number of aliphatic hydroxyl groups is 1. The molecule has 0 radical (unpaired) electrons. The summed E-state index contributed by atoms with van der Waals surface area (Å²) in [4.78, 5) is 22.8. The minimum atomic E-state index is -0.124. The van der Waals surface area contributed by atoms with Gasteiger partial charge in [-0.05, 0) is 42.0 Å². The molecule has 1 saturated heterocycles. The maximum atomic E-state index is 11.8. The lowest BCUT2D eigenvalue weighted by Crippen LogP contribution is -2.47. The topological polar surface area (TPSA) is 121 Å². The highest BCUT2D eigenvalue weighted by Crippen LogP contribution is 2.31. The van der Waals surface area contributed by atoms with Gasteiger partial charge in [-0.25, -0.2) is 9.97 Å². The van der Waals surface area contributed by atoms with Gasteiger partial charge < -0.3 is 24.8 Å². The van der Waals surface area contributed by atoms with Crippen molar-refractivity contribution in [2.24, 2.45) is 0 Å². The number of carbonyl (C=O) groups excluding carboxylic acids is 1. The molecule has 3 aromatic rings. The van der Waals surface area contributed by atoms with Crippen molar-refractivity contribution >= 4 is 11.6 Å². The molecule has 0 bridgehead atoms. The SMILES string of the molecule is COc1cc(Cc2nccc(-c3ccc(OCCO)c(C#N)c3)n2)ccc1N1CCNC(=O)C1. The summed E-state index contributed by atoms with van der Waals surface area (Å²) in [7, 11) is 1.62. The van der Waals surface area contributed by atoms with Crippen molar-refractivity contribution in [3.63, 3.8) is 0 Å². The van der Waals surface area contributed by atoms with Gasteiger partial charge in [-0.1, -0.05) is 6.07 Å². The van der Waals surface area contributed by atoms with Gasteiger partial charge in [-0.15, -0.1) is 0 Å². The Bertz CT molecular complexity index is 1220. The summed E-state index contributed by atoms with van der Waals surface area (Å²) in [6, 6.07) is 15.0. The van der Waals surface area contributed by atoms with E-state index in [1.54, 1.807) is 31.5 Å². The Balaban J connectivity index is 1.55. The van der Waals surface area contributed by atoms with E-state index in [1.807, 2.05) is 29.2 Å². The van der Waals surface area contributed by atoms with Crippen LogP contribution in [0.25, 0.3) is 11.3 Å². The van der Waals surface area contributed by atoms with Crippen molar-refractivity contribution in [2.45, 2.75) is 6.42 Å². The number of rotatable bonds is 8. The van der Waals surface area contributed by atoms with Gasteiger partial charge >= 0.3 is 0 Å². The first-order valence-corrected chi connectivity index (χ1v) is 10.9. The number of hydrogen-bond acceptors (Lipinski definition) is 8. The van der Waals surface area contributed by atoms with E-state index in [-0.39, 0.29) is 19.1 Å². The second-order valence-electron chi connectivity index (χ2n) is 7.71. The van der Waals surface area contributed by atoms with Gasteiger partial charge in [0.1, 0.15) is 30.0 Å². The number of ether oxygens (including phenoxy) is 2. The molecule has 0 unspecified atom stereocenters. The Hall–Kier alpha value is -4.16. The van der Waals surface area contributed by atoms with Crippen molar-refractivity contribution in [1.29, 1.82) is 5.26 Å². The summed E-state index contributed by atoms with van der Waals surface area (Å²) in [5.41, 5.74) is 3.69. The molecule has 9 nitrogen and oxygen atoms in total. The highest BCUT2D eigenvalue weighted by Gasteiger charge is 2.20. The molecule has 0 saturated carbocycles. The van der Waals surface area contributed by atoms with Crippen LogP contribution < -0.4 is 19.7 Å². The van der Waals surface area contributed by atoms with Crippen LogP contribution in [0.15, 0.2) is 48.7 Å². The van der Waals surface area contributed by atoms with Crippen molar-refractivity contribution in [1.82, 2.24) is 15.3 Å². The van der Waals surface area contributed by atoms with E-state index < -0.39 is 0 Å². The number of aliphatic hydroxyl groups excluding tert-OH is 1. The lowest BCUT2D eigenvalue weighted by atomic mass is 10.1. The number of methoxy groups -OCH3 is 1. The monoisotopic (exact) mass is 459 g/mol. The van der Waals surface area contributed by atoms with Crippen LogP contribution >= 0.6 is 0 Å². The predicted molar refractivity (Wildman–Crippen MR) is 126 cm³/mol. The highest BCUT2D eigenvalue weighted by molar-refractivity contribution is 5.83. The van der Waals surface area contributed by atoms with Crippen LogP contribution in [0, 0.1) is 11.3 Å². The van der Waals surface area contributed by atoms with E-state index in [0.717, 1.165) is 23.4 Å². The summed E-state index contributed by atoms with van der Waals surface area (Å²) < 4.78 is 11.0. The number of nitrogens with one attached hydrogen (secondary N) is 1. The first kappa shape index (κ1) is 23.0. The fourth-order valence-corrected chi connectivity index (χ4v) is 3.82. The zero-order valence-corrected chi connectivity index (χ0v) is 18.8. The average Bonchev–Trinajstić information content (AvgIpc) is 2.87. The lowest BCUT2D eigenvalue weighted by molar-refractivity contribution is -0.120. The molecule has 1 amide bonds. The number of nitriles is 1. The van der Waals surface area contributed by atoms with Gasteiger partial charge in [0.05, 0.1) is 37.2 Å². The average molecular weight is 460 g/mol. The molecule has 4 rings (SSSR count). The fraction of sp³-hybridized carbons (Fsp3) is 0.280. The number of amides is 1. The van der Waals surface area contributed by atoms with Crippen LogP contribution in [0.5, 0.6) is 11.5 Å². The zero-order chi connectivity index (χ0) is 23.9. The van der Waals surface area contributed by atoms with Gasteiger partial charge in [0.25, 0.3) is 0 Å². The standard InChI is InChI=1S/C25H25N5O4/c1-33-23-12-17(2-4-21(23)30-9-8-28-25(32)16-30)13-24-27-7-6-20(29-24)18-3-5-22(34-11-10-31)19(14-18)15-26/h2-7,12,14,31H,8-11,13,16H2,1H3,(H,28,32). The van der Waals surface area contributed by atoms with Crippen LogP contribution in [0.2, 0.25) is 0 Å². The molecular formula is C25H25N5O4. The van der Waals surface area contributed by atoms with Crippen LogP contribution in [-0.4, -0.2) is 60.9 Å². The smallest absolute Gasteiger partial charge is 0.239 e. The minimum absolute atomic E-state index is 0.00450. The van der Waals surface area contributed by atoms with Crippen molar-refractivity contribution in [2.75, 3.05) is 44.9 Å². The van der Waals surface area contributed by atoms with E-state index in [2.05, 4.69) is 21.4 Å². The van der Waals surface area contributed by atoms with E-state index >= 15 is 0 Å². The highest BCUT2D eigenvalue weighted by atomic mass is 16.5. The number of carbonyl (C=O) groups is 1. The molecule has 1 aliphatic rings. The summed E-state index contributed by atoms with van der Waals surface area (Å²) in [6.45, 7) is 1.63. The zero-order valence-electron chi connectivity index (χ0n) is 18.8. The van der Waals surface area contributed by atoms with Crippen LogP contribution in [-0.2, 0) is 11.2 Å². The molecule has 1 aromatic heterocycles. The number of piperazine rings is 1.